The Bertz CT molecular complexity index is 1220. The highest BCUT2D eigenvalue weighted by Crippen LogP contribution is 2.28. The van der Waals surface area contributed by atoms with Crippen LogP contribution in [0.25, 0.3) is 0 Å². The van der Waals surface area contributed by atoms with Crippen LogP contribution in [-0.4, -0.2) is 63.0 Å². The van der Waals surface area contributed by atoms with Gasteiger partial charge in [0.2, 0.25) is 17.8 Å². The van der Waals surface area contributed by atoms with E-state index in [9.17, 15) is 18.4 Å². The highest BCUT2D eigenvalue weighted by Gasteiger charge is 2.40. The number of methoxy groups -OCH3 is 1. The number of halogens is 2. The maximum Gasteiger partial charge on any atom is 0.243 e. The molecule has 3 atom stereocenters. The van der Waals surface area contributed by atoms with E-state index in [0.717, 1.165) is 0 Å². The Balaban J connectivity index is 1.62. The Kier molecular flexibility index (Phi) is 7.56. The molecule has 0 saturated carbocycles. The number of nitrogens with zero attached hydrogens (tertiary/aromatic N) is 4. The third-order valence-corrected chi connectivity index (χ3v) is 6.20. The van der Waals surface area contributed by atoms with E-state index in [4.69, 9.17) is 4.74 Å². The van der Waals surface area contributed by atoms with Crippen LogP contribution in [0, 0.1) is 5.95 Å². The van der Waals surface area contributed by atoms with Crippen molar-refractivity contribution in [3.63, 3.8) is 0 Å². The van der Waals surface area contributed by atoms with Gasteiger partial charge in [0.1, 0.15) is 18.0 Å². The van der Waals surface area contributed by atoms with Gasteiger partial charge in [0.25, 0.3) is 0 Å². The van der Waals surface area contributed by atoms with Crippen molar-refractivity contribution in [2.24, 2.45) is 0 Å². The predicted molar refractivity (Wildman–Crippen MR) is 126 cm³/mol. The first kappa shape index (κ1) is 25.2. The lowest BCUT2D eigenvalue weighted by Crippen LogP contribution is -2.47. The van der Waals surface area contributed by atoms with Crippen LogP contribution in [0.4, 0.5) is 8.78 Å². The largest absolute Gasteiger partial charge is 0.497 e. The normalized spacial score (nSPS) is 18.3. The lowest BCUT2D eigenvalue weighted by atomic mass is 9.99. The molecule has 1 fully saturated rings. The predicted octanol–water partition coefficient (Wildman–Crippen LogP) is 2.86. The molecule has 3 heterocycles. The number of likely N-dealkylation sites (tertiary alicyclic amines) is 1. The average molecular weight is 499 g/mol. The zero-order valence-electron chi connectivity index (χ0n) is 20.2. The van der Waals surface area contributed by atoms with Crippen LogP contribution >= 0.6 is 0 Å². The third kappa shape index (κ3) is 5.50. The van der Waals surface area contributed by atoms with Gasteiger partial charge in [-0.25, -0.2) is 9.37 Å². The zero-order valence-corrected chi connectivity index (χ0v) is 20.2. The Morgan fingerprint density at radius 2 is 2.08 bits per heavy atom. The van der Waals surface area contributed by atoms with E-state index >= 15 is 0 Å². The molecule has 2 N–H and O–H groups in total. The maximum absolute atomic E-state index is 14.8. The number of carbonyl (C=O) groups excluding carboxylic acids is 2. The summed E-state index contributed by atoms with van der Waals surface area (Å²) >= 11 is 0. The van der Waals surface area contributed by atoms with Gasteiger partial charge in [-0.15, -0.1) is 0 Å². The van der Waals surface area contributed by atoms with Crippen molar-refractivity contribution in [3.8, 4) is 5.75 Å². The van der Waals surface area contributed by atoms with E-state index in [2.05, 4.69) is 25.7 Å². The second kappa shape index (κ2) is 10.8. The molecule has 9 nitrogen and oxygen atoms in total. The number of aromatic nitrogens is 4. The van der Waals surface area contributed by atoms with Gasteiger partial charge in [0.05, 0.1) is 43.7 Å². The lowest BCUT2D eigenvalue weighted by Gasteiger charge is -2.26. The molecule has 1 saturated heterocycles. The molecule has 1 aliphatic rings. The van der Waals surface area contributed by atoms with Crippen LogP contribution in [-0.2, 0) is 16.0 Å². The number of hydrogen-bond donors (Lipinski definition) is 2. The second-order valence-electron chi connectivity index (χ2n) is 9.02. The van der Waals surface area contributed by atoms with Crippen molar-refractivity contribution in [1.82, 2.24) is 30.6 Å². The van der Waals surface area contributed by atoms with Gasteiger partial charge in [0.15, 0.2) is 0 Å². The minimum atomic E-state index is -1.35. The fourth-order valence-corrected chi connectivity index (χ4v) is 4.31. The summed E-state index contributed by atoms with van der Waals surface area (Å²) in [4.78, 5) is 31.6. The summed E-state index contributed by atoms with van der Waals surface area (Å²) in [5, 5.41) is 12.8. The average Bonchev–Trinajstić information content (AvgIpc) is 3.51. The monoisotopic (exact) mass is 498 g/mol. The second-order valence-corrected chi connectivity index (χ2v) is 9.02. The standard InChI is InChI=1S/C25H28F2N6O3/c1-14(2)19-7-8-20(29-24(19)27)23(15-5-4-6-18(9-15)36-3)30-25(35)21-10-16(26)13-33(21)22(34)11-17-12-28-32-31-17/h4-9,12,14,16,21,23H,10-11,13H2,1-3H3,(H,30,35)(H,28,31,32)/t16-,21+,23?/m1/s1. The molecule has 11 heteroatoms. The summed E-state index contributed by atoms with van der Waals surface area (Å²) in [7, 11) is 1.51. The molecular weight excluding hydrogens is 470 g/mol. The van der Waals surface area contributed by atoms with E-state index < -0.39 is 36.0 Å². The van der Waals surface area contributed by atoms with Gasteiger partial charge < -0.3 is 15.0 Å². The lowest BCUT2D eigenvalue weighted by molar-refractivity contribution is -0.138. The van der Waals surface area contributed by atoms with Crippen LogP contribution in [0.2, 0.25) is 0 Å². The van der Waals surface area contributed by atoms with Gasteiger partial charge in [-0.05, 0) is 29.7 Å². The molecule has 1 aromatic carbocycles. The molecule has 0 radical (unpaired) electrons. The molecule has 0 aliphatic carbocycles. The number of alkyl halides is 1. The smallest absolute Gasteiger partial charge is 0.243 e. The first-order valence-electron chi connectivity index (χ1n) is 11.7. The third-order valence-electron chi connectivity index (χ3n) is 6.20. The minimum Gasteiger partial charge on any atom is -0.497 e. The summed E-state index contributed by atoms with van der Waals surface area (Å²) < 4.78 is 34.5. The topological polar surface area (TPSA) is 113 Å². The molecule has 0 bridgehead atoms. The Hall–Kier alpha value is -3.89. The number of H-pyrrole nitrogens is 1. The molecule has 0 spiro atoms. The van der Waals surface area contributed by atoms with E-state index in [-0.39, 0.29) is 31.0 Å². The zero-order chi connectivity index (χ0) is 25.8. The summed E-state index contributed by atoms with van der Waals surface area (Å²) in [6.07, 6.45) is -0.209. The van der Waals surface area contributed by atoms with E-state index in [1.165, 1.54) is 18.2 Å². The highest BCUT2D eigenvalue weighted by atomic mass is 19.1. The number of ether oxygens (including phenoxy) is 1. The number of rotatable bonds is 8. The fourth-order valence-electron chi connectivity index (χ4n) is 4.31. The number of amides is 2. The summed E-state index contributed by atoms with van der Waals surface area (Å²) in [6.45, 7) is 3.52. The Morgan fingerprint density at radius 3 is 2.75 bits per heavy atom. The number of pyridine rings is 1. The van der Waals surface area contributed by atoms with Gasteiger partial charge in [-0.1, -0.05) is 32.0 Å². The molecule has 1 unspecified atom stereocenters. The van der Waals surface area contributed by atoms with Crippen molar-refractivity contribution in [2.45, 2.75) is 50.9 Å². The number of nitrogens with one attached hydrogen (secondary N) is 2. The number of benzene rings is 1. The molecule has 2 aromatic heterocycles. The van der Waals surface area contributed by atoms with Gasteiger partial charge >= 0.3 is 0 Å². The molecular formula is C25H28F2N6O3. The molecule has 2 amide bonds. The first-order valence-corrected chi connectivity index (χ1v) is 11.7. The SMILES string of the molecule is COc1cccc(C(NC(=O)[C@@H]2C[C@@H](F)CN2C(=O)Cc2cn[nH]n2)c2ccc(C(C)C)c(F)n2)c1. The molecule has 1 aliphatic heterocycles. The van der Waals surface area contributed by atoms with Crippen molar-refractivity contribution < 1.29 is 23.1 Å². The van der Waals surface area contributed by atoms with E-state index in [1.807, 2.05) is 13.8 Å². The minimum absolute atomic E-state index is 0.0688. The van der Waals surface area contributed by atoms with Crippen LogP contribution in [0.1, 0.15) is 54.7 Å². The molecule has 3 aromatic rings. The summed E-state index contributed by atoms with van der Waals surface area (Å²) in [5.74, 6) is -1.15. The highest BCUT2D eigenvalue weighted by molar-refractivity contribution is 5.89. The van der Waals surface area contributed by atoms with Gasteiger partial charge in [-0.3, -0.25) is 9.59 Å². The van der Waals surface area contributed by atoms with Gasteiger partial charge in [0, 0.05) is 12.0 Å². The summed E-state index contributed by atoms with van der Waals surface area (Å²) in [6, 6.07) is 8.36. The van der Waals surface area contributed by atoms with Crippen molar-refractivity contribution in [2.75, 3.05) is 13.7 Å². The quantitative estimate of drug-likeness (QED) is 0.462. The van der Waals surface area contributed by atoms with E-state index in [0.29, 0.717) is 22.6 Å². The Morgan fingerprint density at radius 1 is 1.28 bits per heavy atom. The molecule has 4 rings (SSSR count). The Labute approximate surface area is 207 Å². The molecule has 36 heavy (non-hydrogen) atoms. The van der Waals surface area contributed by atoms with Crippen LogP contribution in [0.5, 0.6) is 5.75 Å². The number of hydrogen-bond acceptors (Lipinski definition) is 6. The van der Waals surface area contributed by atoms with Crippen molar-refractivity contribution in [1.29, 1.82) is 0 Å². The van der Waals surface area contributed by atoms with Crippen molar-refractivity contribution in [3.05, 3.63) is 71.1 Å². The van der Waals surface area contributed by atoms with Crippen LogP contribution in [0.3, 0.4) is 0 Å². The van der Waals surface area contributed by atoms with Crippen LogP contribution in [0.15, 0.2) is 42.6 Å². The van der Waals surface area contributed by atoms with Crippen LogP contribution < -0.4 is 10.1 Å². The maximum atomic E-state index is 14.8. The van der Waals surface area contributed by atoms with Gasteiger partial charge in [-0.2, -0.15) is 19.8 Å². The van der Waals surface area contributed by atoms with E-state index in [1.54, 1.807) is 36.4 Å². The first-order chi connectivity index (χ1) is 17.3. The van der Waals surface area contributed by atoms with Crippen molar-refractivity contribution >= 4 is 11.8 Å². The fraction of sp³-hybridized carbons (Fsp3) is 0.400. The summed E-state index contributed by atoms with van der Waals surface area (Å²) in [5.41, 5.74) is 1.71. The molecule has 190 valence electrons. The number of aromatic amines is 1. The number of carbonyl (C=O) groups is 2.